The number of nitrogens with zero attached hydrogens (tertiary/aromatic N) is 2. The standard InChI is InChI=1S/C17H20N4O6S2/c1-10(2)5-7-21-8-6-13(22)15(17(21)23)16-18-12-4-3-11(19-28(24)25)9-14(12)29(26,27)20-16/h3-4,6,8-10,22,28H,5,7H2,1-2H3,(H,18,20)(H,19,24,25). The number of anilines is 2. The van der Waals surface area contributed by atoms with E-state index in [2.05, 4.69) is 14.4 Å². The Morgan fingerprint density at radius 1 is 1.28 bits per heavy atom. The number of fused-ring (bicyclic) bond motifs is 1. The highest BCUT2D eigenvalue weighted by Crippen LogP contribution is 2.31. The Kier molecular flexibility index (Phi) is 5.66. The molecule has 0 unspecified atom stereocenters. The number of rotatable bonds is 6. The van der Waals surface area contributed by atoms with Crippen LogP contribution in [0.25, 0.3) is 0 Å². The first-order chi connectivity index (χ1) is 13.6. The van der Waals surface area contributed by atoms with E-state index in [-0.39, 0.29) is 27.7 Å². The van der Waals surface area contributed by atoms with Crippen molar-refractivity contribution in [1.29, 1.82) is 0 Å². The van der Waals surface area contributed by atoms with Gasteiger partial charge in [0.15, 0.2) is 5.84 Å². The summed E-state index contributed by atoms with van der Waals surface area (Å²) in [6, 6.07) is 5.14. The second kappa shape index (κ2) is 7.87. The van der Waals surface area contributed by atoms with Crippen LogP contribution in [-0.2, 0) is 27.5 Å². The van der Waals surface area contributed by atoms with Crippen molar-refractivity contribution in [3.05, 3.63) is 46.4 Å². The third kappa shape index (κ3) is 4.43. The number of nitrogens with one attached hydrogen (secondary N) is 2. The fourth-order valence-electron chi connectivity index (χ4n) is 2.80. The molecular weight excluding hydrogens is 420 g/mol. The van der Waals surface area contributed by atoms with Gasteiger partial charge in [0.25, 0.3) is 15.6 Å². The van der Waals surface area contributed by atoms with E-state index in [1.807, 2.05) is 13.8 Å². The molecule has 1 aromatic heterocycles. The van der Waals surface area contributed by atoms with Crippen LogP contribution in [0, 0.1) is 5.92 Å². The summed E-state index contributed by atoms with van der Waals surface area (Å²) in [4.78, 5) is 12.6. The third-order valence-corrected chi connectivity index (χ3v) is 6.03. The summed E-state index contributed by atoms with van der Waals surface area (Å²) in [5, 5.41) is 12.9. The van der Waals surface area contributed by atoms with Crippen LogP contribution in [0.2, 0.25) is 0 Å². The molecule has 156 valence electrons. The molecule has 3 N–H and O–H groups in total. The summed E-state index contributed by atoms with van der Waals surface area (Å²) in [6.45, 7) is 4.42. The van der Waals surface area contributed by atoms with Crippen molar-refractivity contribution in [3.8, 4) is 5.75 Å². The molecule has 10 nitrogen and oxygen atoms in total. The maximum absolute atomic E-state index is 12.8. The van der Waals surface area contributed by atoms with Crippen LogP contribution in [0.15, 0.2) is 44.6 Å². The highest BCUT2D eigenvalue weighted by molar-refractivity contribution is 7.90. The second-order valence-electron chi connectivity index (χ2n) is 6.88. The summed E-state index contributed by atoms with van der Waals surface area (Å²) in [5.74, 6) is -0.347. The predicted molar refractivity (Wildman–Crippen MR) is 110 cm³/mol. The van der Waals surface area contributed by atoms with Gasteiger partial charge in [0.2, 0.25) is 10.9 Å². The summed E-state index contributed by atoms with van der Waals surface area (Å²) in [6.07, 6.45) is 2.17. The van der Waals surface area contributed by atoms with Gasteiger partial charge in [0.05, 0.1) is 5.69 Å². The van der Waals surface area contributed by atoms with E-state index < -0.39 is 32.2 Å². The van der Waals surface area contributed by atoms with Crippen LogP contribution in [0.4, 0.5) is 11.4 Å². The number of pyridine rings is 1. The second-order valence-corrected chi connectivity index (χ2v) is 9.19. The molecule has 0 amide bonds. The van der Waals surface area contributed by atoms with E-state index in [0.29, 0.717) is 12.5 Å². The Morgan fingerprint density at radius 3 is 2.66 bits per heavy atom. The summed E-state index contributed by atoms with van der Waals surface area (Å²) in [5.41, 5.74) is -0.659. The number of aromatic nitrogens is 1. The van der Waals surface area contributed by atoms with Gasteiger partial charge in [-0.15, -0.1) is 4.40 Å². The van der Waals surface area contributed by atoms with E-state index in [0.717, 1.165) is 12.5 Å². The lowest BCUT2D eigenvalue weighted by Gasteiger charge is -2.20. The Hall–Kier alpha value is -2.86. The van der Waals surface area contributed by atoms with Crippen LogP contribution >= 0.6 is 0 Å². The van der Waals surface area contributed by atoms with Crippen molar-refractivity contribution in [1.82, 2.24) is 4.57 Å². The quantitative estimate of drug-likeness (QED) is 0.492. The Morgan fingerprint density at radius 2 is 2.00 bits per heavy atom. The number of aryl methyl sites for hydroxylation is 1. The molecule has 0 saturated heterocycles. The average Bonchev–Trinajstić information content (AvgIpc) is 2.60. The largest absolute Gasteiger partial charge is 0.507 e. The first-order valence-electron chi connectivity index (χ1n) is 8.68. The van der Waals surface area contributed by atoms with Crippen molar-refractivity contribution >= 4 is 38.1 Å². The van der Waals surface area contributed by atoms with Gasteiger partial charge in [0.1, 0.15) is 16.2 Å². The number of hydrogen-bond acceptors (Lipinski definition) is 7. The Labute approximate surface area is 169 Å². The summed E-state index contributed by atoms with van der Waals surface area (Å²) < 4.78 is 54.0. The normalized spacial score (nSPS) is 15.0. The maximum Gasteiger partial charge on any atom is 0.286 e. The molecule has 0 radical (unpaired) electrons. The van der Waals surface area contributed by atoms with Gasteiger partial charge in [-0.2, -0.15) is 8.42 Å². The van der Waals surface area contributed by atoms with Gasteiger partial charge in [-0.25, -0.2) is 8.42 Å². The highest BCUT2D eigenvalue weighted by atomic mass is 32.2. The monoisotopic (exact) mass is 440 g/mol. The highest BCUT2D eigenvalue weighted by Gasteiger charge is 2.29. The molecule has 0 aliphatic carbocycles. The van der Waals surface area contributed by atoms with Gasteiger partial charge in [-0.3, -0.25) is 9.52 Å². The third-order valence-electron chi connectivity index (χ3n) is 4.27. The molecule has 0 bridgehead atoms. The van der Waals surface area contributed by atoms with Crippen LogP contribution in [0.1, 0.15) is 25.8 Å². The molecule has 1 aromatic carbocycles. The van der Waals surface area contributed by atoms with Crippen LogP contribution < -0.4 is 15.6 Å². The van der Waals surface area contributed by atoms with E-state index >= 15 is 0 Å². The first kappa shape index (κ1) is 20.9. The van der Waals surface area contributed by atoms with E-state index in [1.165, 1.54) is 29.0 Å². The predicted octanol–water partition coefficient (Wildman–Crippen LogP) is 1.10. The van der Waals surface area contributed by atoms with Gasteiger partial charge in [-0.05, 0) is 36.6 Å². The molecule has 0 atom stereocenters. The number of sulfonamides is 1. The Balaban J connectivity index is 2.07. The van der Waals surface area contributed by atoms with Gasteiger partial charge in [0, 0.05) is 18.4 Å². The van der Waals surface area contributed by atoms with Gasteiger partial charge in [-0.1, -0.05) is 13.8 Å². The lowest BCUT2D eigenvalue weighted by molar-refractivity contribution is 0.464. The number of hydrogen-bond donors (Lipinski definition) is 4. The van der Waals surface area contributed by atoms with Crippen molar-refractivity contribution in [2.24, 2.45) is 10.3 Å². The average molecular weight is 441 g/mol. The molecule has 3 rings (SSSR count). The molecule has 29 heavy (non-hydrogen) atoms. The van der Waals surface area contributed by atoms with E-state index in [4.69, 9.17) is 0 Å². The minimum Gasteiger partial charge on any atom is -0.507 e. The number of amidine groups is 1. The fourth-order valence-corrected chi connectivity index (χ4v) is 4.30. The maximum atomic E-state index is 12.8. The lowest BCUT2D eigenvalue weighted by Crippen LogP contribution is -2.32. The number of aromatic hydroxyl groups is 1. The van der Waals surface area contributed by atoms with E-state index in [9.17, 15) is 26.7 Å². The molecule has 1 aliphatic rings. The van der Waals surface area contributed by atoms with Gasteiger partial charge < -0.3 is 15.0 Å². The van der Waals surface area contributed by atoms with Crippen molar-refractivity contribution in [3.63, 3.8) is 0 Å². The number of benzene rings is 1. The molecular formula is C17H20N4O6S2. The minimum absolute atomic E-state index is 0.0579. The first-order valence-corrected chi connectivity index (χ1v) is 11.3. The molecule has 2 heterocycles. The zero-order chi connectivity index (χ0) is 21.3. The fraction of sp³-hybridized carbons (Fsp3) is 0.294. The lowest BCUT2D eigenvalue weighted by atomic mass is 10.1. The van der Waals surface area contributed by atoms with Crippen LogP contribution in [0.3, 0.4) is 0 Å². The minimum atomic E-state index is -4.24. The smallest absolute Gasteiger partial charge is 0.286 e. The molecule has 0 fully saturated rings. The molecule has 1 aliphatic heterocycles. The van der Waals surface area contributed by atoms with E-state index in [1.54, 1.807) is 0 Å². The SMILES string of the molecule is CC(C)CCn1ccc(O)c(C2=NS(=O)(=O)c3cc(N[SH](=O)=O)ccc3N2)c1=O. The molecule has 2 aromatic rings. The zero-order valence-electron chi connectivity index (χ0n) is 15.6. The Bertz CT molecular complexity index is 1220. The van der Waals surface area contributed by atoms with Crippen molar-refractivity contribution in [2.45, 2.75) is 31.7 Å². The zero-order valence-corrected chi connectivity index (χ0v) is 17.3. The summed E-state index contributed by atoms with van der Waals surface area (Å²) in [7, 11) is -7.21. The molecule has 0 spiro atoms. The topological polar surface area (TPSA) is 147 Å². The number of thiol groups is 1. The van der Waals surface area contributed by atoms with Gasteiger partial charge >= 0.3 is 0 Å². The van der Waals surface area contributed by atoms with Crippen molar-refractivity contribution < 1.29 is 21.9 Å². The summed E-state index contributed by atoms with van der Waals surface area (Å²) >= 11 is 0. The van der Waals surface area contributed by atoms with Crippen molar-refractivity contribution in [2.75, 3.05) is 10.0 Å². The van der Waals surface area contributed by atoms with Crippen LogP contribution in [-0.4, -0.2) is 32.3 Å². The van der Waals surface area contributed by atoms with Crippen LogP contribution in [0.5, 0.6) is 5.75 Å². The molecule has 12 heteroatoms. The molecule has 0 saturated carbocycles.